The number of hydrogen-bond acceptors (Lipinski definition) is 2. The van der Waals surface area contributed by atoms with Gasteiger partial charge in [-0.3, -0.25) is 9.69 Å². The molecule has 1 amide bonds. The summed E-state index contributed by atoms with van der Waals surface area (Å²) in [5.41, 5.74) is 1.97. The van der Waals surface area contributed by atoms with Crippen molar-refractivity contribution >= 4 is 17.8 Å². The minimum atomic E-state index is -4.65. The molecule has 26 heavy (non-hydrogen) atoms. The van der Waals surface area contributed by atoms with Gasteiger partial charge in [-0.15, -0.1) is 0 Å². The average molecular weight is 360 g/mol. The standard InChI is InChI=1S/C20H19F3N2O/c1-3-14-6-4-7-16(12-14)13(2)17(20(21,22)23)19(26)25-11-9-15-8-5-10-24-18(15)25/h3-8,10,12-13,17H,1,9,11H2,2H3/t13-,17+/m1/s1. The summed E-state index contributed by atoms with van der Waals surface area (Å²) in [5, 5.41) is 0. The molecule has 0 saturated carbocycles. The molecule has 0 aliphatic carbocycles. The highest BCUT2D eigenvalue weighted by Crippen LogP contribution is 2.40. The van der Waals surface area contributed by atoms with Crippen LogP contribution in [0.15, 0.2) is 49.2 Å². The molecule has 0 radical (unpaired) electrons. The Kier molecular flexibility index (Phi) is 4.85. The number of fused-ring (bicyclic) bond motifs is 1. The summed E-state index contributed by atoms with van der Waals surface area (Å²) in [7, 11) is 0. The maximum absolute atomic E-state index is 13.8. The van der Waals surface area contributed by atoms with Crippen molar-refractivity contribution in [1.29, 1.82) is 0 Å². The molecule has 0 spiro atoms. The van der Waals surface area contributed by atoms with Crippen molar-refractivity contribution in [2.45, 2.75) is 25.4 Å². The summed E-state index contributed by atoms with van der Waals surface area (Å²) in [6, 6.07) is 10.2. The van der Waals surface area contributed by atoms with Gasteiger partial charge in [0.25, 0.3) is 0 Å². The number of rotatable bonds is 4. The molecule has 0 bridgehead atoms. The van der Waals surface area contributed by atoms with Crippen molar-refractivity contribution in [3.05, 3.63) is 65.9 Å². The van der Waals surface area contributed by atoms with Crippen molar-refractivity contribution in [1.82, 2.24) is 4.98 Å². The van der Waals surface area contributed by atoms with Gasteiger partial charge >= 0.3 is 6.18 Å². The number of pyridine rings is 1. The highest BCUT2D eigenvalue weighted by Gasteiger charge is 2.51. The van der Waals surface area contributed by atoms with Crippen LogP contribution < -0.4 is 4.90 Å². The molecule has 2 heterocycles. The lowest BCUT2D eigenvalue weighted by Crippen LogP contribution is -2.44. The fourth-order valence-corrected chi connectivity index (χ4v) is 3.39. The van der Waals surface area contributed by atoms with E-state index in [1.165, 1.54) is 18.0 Å². The fraction of sp³-hybridized carbons (Fsp3) is 0.300. The summed E-state index contributed by atoms with van der Waals surface area (Å²) < 4.78 is 41.5. The predicted octanol–water partition coefficient (Wildman–Crippen LogP) is 4.60. The highest BCUT2D eigenvalue weighted by atomic mass is 19.4. The van der Waals surface area contributed by atoms with Crippen molar-refractivity contribution in [2.75, 3.05) is 11.4 Å². The lowest BCUT2D eigenvalue weighted by atomic mass is 9.85. The maximum Gasteiger partial charge on any atom is 0.401 e. The zero-order valence-corrected chi connectivity index (χ0v) is 14.3. The second kappa shape index (κ2) is 6.94. The fourth-order valence-electron chi connectivity index (χ4n) is 3.39. The number of anilines is 1. The van der Waals surface area contributed by atoms with E-state index in [-0.39, 0.29) is 6.54 Å². The topological polar surface area (TPSA) is 33.2 Å². The van der Waals surface area contributed by atoms with E-state index in [2.05, 4.69) is 11.6 Å². The number of benzene rings is 1. The molecule has 1 aromatic heterocycles. The third-order valence-corrected chi connectivity index (χ3v) is 4.78. The predicted molar refractivity (Wildman–Crippen MR) is 94.8 cm³/mol. The zero-order valence-electron chi connectivity index (χ0n) is 14.3. The number of carbonyl (C=O) groups excluding carboxylic acids is 1. The zero-order chi connectivity index (χ0) is 18.9. The van der Waals surface area contributed by atoms with E-state index in [1.54, 1.807) is 42.5 Å². The Morgan fingerprint density at radius 1 is 1.31 bits per heavy atom. The molecule has 1 aliphatic heterocycles. The first-order valence-corrected chi connectivity index (χ1v) is 8.37. The summed E-state index contributed by atoms with van der Waals surface area (Å²) in [6.07, 6.45) is -1.08. The Hall–Kier alpha value is -2.63. The molecule has 0 N–H and O–H groups in total. The second-order valence-electron chi connectivity index (χ2n) is 6.41. The summed E-state index contributed by atoms with van der Waals surface area (Å²) >= 11 is 0. The van der Waals surface area contributed by atoms with E-state index in [1.807, 2.05) is 0 Å². The molecule has 1 aromatic carbocycles. The molecule has 3 nitrogen and oxygen atoms in total. The van der Waals surface area contributed by atoms with Gasteiger partial charge in [0, 0.05) is 18.7 Å². The lowest BCUT2D eigenvalue weighted by molar-refractivity contribution is -0.185. The monoisotopic (exact) mass is 360 g/mol. The second-order valence-corrected chi connectivity index (χ2v) is 6.41. The van der Waals surface area contributed by atoms with Crippen LogP contribution in [0.3, 0.4) is 0 Å². The number of alkyl halides is 3. The van der Waals surface area contributed by atoms with E-state index in [0.29, 0.717) is 17.8 Å². The Bertz CT molecular complexity index is 832. The quantitative estimate of drug-likeness (QED) is 0.799. The lowest BCUT2D eigenvalue weighted by Gasteiger charge is -2.29. The van der Waals surface area contributed by atoms with Gasteiger partial charge in [-0.2, -0.15) is 13.2 Å². The average Bonchev–Trinajstić information content (AvgIpc) is 3.04. The van der Waals surface area contributed by atoms with Crippen LogP contribution in [-0.2, 0) is 11.2 Å². The number of halogens is 3. The van der Waals surface area contributed by atoms with Gasteiger partial charge in [0.05, 0.1) is 0 Å². The van der Waals surface area contributed by atoms with Gasteiger partial charge < -0.3 is 0 Å². The number of aromatic nitrogens is 1. The number of nitrogens with zero attached hydrogens (tertiary/aromatic N) is 2. The number of hydrogen-bond donors (Lipinski definition) is 0. The van der Waals surface area contributed by atoms with Crippen molar-refractivity contribution in [3.63, 3.8) is 0 Å². The largest absolute Gasteiger partial charge is 0.401 e. The first kappa shape index (κ1) is 18.2. The molecule has 1 aliphatic rings. The van der Waals surface area contributed by atoms with Gasteiger partial charge in [0.2, 0.25) is 5.91 Å². The smallest absolute Gasteiger partial charge is 0.296 e. The Morgan fingerprint density at radius 2 is 2.08 bits per heavy atom. The molecule has 3 rings (SSSR count). The van der Waals surface area contributed by atoms with Crippen LogP contribution in [0.1, 0.15) is 29.5 Å². The molecule has 2 atom stereocenters. The summed E-state index contributed by atoms with van der Waals surface area (Å²) in [5.74, 6) is -3.77. The van der Waals surface area contributed by atoms with Gasteiger partial charge in [-0.1, -0.05) is 49.9 Å². The van der Waals surface area contributed by atoms with E-state index in [4.69, 9.17) is 0 Å². The van der Waals surface area contributed by atoms with Crippen molar-refractivity contribution < 1.29 is 18.0 Å². The Labute approximate surface area is 150 Å². The van der Waals surface area contributed by atoms with E-state index in [9.17, 15) is 18.0 Å². The Balaban J connectivity index is 1.96. The van der Waals surface area contributed by atoms with Crippen molar-refractivity contribution in [2.24, 2.45) is 5.92 Å². The first-order chi connectivity index (χ1) is 12.3. The molecule has 6 heteroatoms. The normalized spacial score (nSPS) is 16.1. The summed E-state index contributed by atoms with van der Waals surface area (Å²) in [4.78, 5) is 18.1. The SMILES string of the molecule is C=Cc1cccc([C@@H](C)[C@@H](C(=O)N2CCc3cccnc32)C(F)(F)F)c1. The minimum Gasteiger partial charge on any atom is -0.296 e. The third kappa shape index (κ3) is 3.36. The van der Waals surface area contributed by atoms with Gasteiger partial charge in [-0.05, 0) is 29.2 Å². The Morgan fingerprint density at radius 3 is 2.77 bits per heavy atom. The van der Waals surface area contributed by atoms with Crippen LogP contribution in [0, 0.1) is 5.92 Å². The van der Waals surface area contributed by atoms with Crippen LogP contribution in [0.4, 0.5) is 19.0 Å². The molecule has 0 unspecified atom stereocenters. The minimum absolute atomic E-state index is 0.219. The maximum atomic E-state index is 13.8. The van der Waals surface area contributed by atoms with E-state index >= 15 is 0 Å². The van der Waals surface area contributed by atoms with Gasteiger partial charge in [0.15, 0.2) is 0 Å². The van der Waals surface area contributed by atoms with Crippen LogP contribution in [-0.4, -0.2) is 23.6 Å². The van der Waals surface area contributed by atoms with E-state index < -0.39 is 23.9 Å². The van der Waals surface area contributed by atoms with Gasteiger partial charge in [0.1, 0.15) is 11.7 Å². The van der Waals surface area contributed by atoms with Crippen LogP contribution >= 0.6 is 0 Å². The van der Waals surface area contributed by atoms with Crippen molar-refractivity contribution in [3.8, 4) is 0 Å². The van der Waals surface area contributed by atoms with E-state index in [0.717, 1.165) is 11.1 Å². The number of amides is 1. The molecular formula is C20H19F3N2O. The molecule has 2 aromatic rings. The molecule has 136 valence electrons. The van der Waals surface area contributed by atoms with Crippen LogP contribution in [0.2, 0.25) is 0 Å². The highest BCUT2D eigenvalue weighted by molar-refractivity contribution is 5.97. The van der Waals surface area contributed by atoms with Crippen LogP contribution in [0.5, 0.6) is 0 Å². The molecular weight excluding hydrogens is 341 g/mol. The molecule has 0 saturated heterocycles. The van der Waals surface area contributed by atoms with Crippen LogP contribution in [0.25, 0.3) is 6.08 Å². The summed E-state index contributed by atoms with van der Waals surface area (Å²) in [6.45, 7) is 5.30. The first-order valence-electron chi connectivity index (χ1n) is 8.37. The number of carbonyl (C=O) groups is 1. The molecule has 0 fully saturated rings. The van der Waals surface area contributed by atoms with Gasteiger partial charge in [-0.25, -0.2) is 4.98 Å². The third-order valence-electron chi connectivity index (χ3n) is 4.78.